The zero-order chi connectivity index (χ0) is 20.9. The van der Waals surface area contributed by atoms with E-state index in [0.29, 0.717) is 24.2 Å². The molecule has 0 saturated carbocycles. The standard InChI is InChI=1S/C22H29N3O4S/c1-28-19-4-2-18(3-5-19)25-8-6-23(7-9-25)14-17-16-29-22(27)20(21(17)26)15-24-10-12-30-13-11-24/h2-5,16,26H,6-15H2,1H3. The van der Waals surface area contributed by atoms with Crippen LogP contribution in [0.1, 0.15) is 11.1 Å². The van der Waals surface area contributed by atoms with Crippen molar-refractivity contribution in [3.05, 3.63) is 52.1 Å². The fourth-order valence-electron chi connectivity index (χ4n) is 3.97. The van der Waals surface area contributed by atoms with Gasteiger partial charge in [0.2, 0.25) is 0 Å². The third kappa shape index (κ3) is 4.94. The highest BCUT2D eigenvalue weighted by Crippen LogP contribution is 2.25. The molecular weight excluding hydrogens is 402 g/mol. The number of thioether (sulfide) groups is 1. The summed E-state index contributed by atoms with van der Waals surface area (Å²) in [7, 11) is 1.67. The molecule has 2 fully saturated rings. The summed E-state index contributed by atoms with van der Waals surface area (Å²) in [5.74, 6) is 3.08. The first-order valence-corrected chi connectivity index (χ1v) is 11.5. The Kier molecular flexibility index (Phi) is 6.86. The van der Waals surface area contributed by atoms with Crippen molar-refractivity contribution in [2.24, 2.45) is 0 Å². The Balaban J connectivity index is 1.37. The zero-order valence-corrected chi connectivity index (χ0v) is 18.2. The fraction of sp³-hybridized carbons (Fsp3) is 0.500. The lowest BCUT2D eigenvalue weighted by molar-refractivity contribution is 0.240. The molecule has 0 bridgehead atoms. The predicted octanol–water partition coefficient (Wildman–Crippen LogP) is 2.22. The van der Waals surface area contributed by atoms with Gasteiger partial charge in [0.05, 0.1) is 12.7 Å². The number of rotatable bonds is 6. The lowest BCUT2D eigenvalue weighted by Gasteiger charge is -2.36. The van der Waals surface area contributed by atoms with E-state index in [1.54, 1.807) is 7.11 Å². The highest BCUT2D eigenvalue weighted by molar-refractivity contribution is 7.99. The van der Waals surface area contributed by atoms with Crippen LogP contribution in [0, 0.1) is 0 Å². The number of hydrogen-bond donors (Lipinski definition) is 1. The molecule has 8 heteroatoms. The van der Waals surface area contributed by atoms with Gasteiger partial charge in [-0.3, -0.25) is 9.80 Å². The van der Waals surface area contributed by atoms with Crippen molar-refractivity contribution in [1.29, 1.82) is 0 Å². The van der Waals surface area contributed by atoms with E-state index in [1.165, 1.54) is 12.0 Å². The SMILES string of the molecule is COc1ccc(N2CCN(Cc3coc(=O)c(CN4CCSCC4)c3O)CC2)cc1. The van der Waals surface area contributed by atoms with Gasteiger partial charge in [-0.2, -0.15) is 11.8 Å². The summed E-state index contributed by atoms with van der Waals surface area (Å²) in [6.45, 7) is 6.46. The van der Waals surface area contributed by atoms with Gasteiger partial charge in [-0.05, 0) is 24.3 Å². The Bertz CT molecular complexity index is 888. The topological polar surface area (TPSA) is 69.4 Å². The number of anilines is 1. The number of hydrogen-bond acceptors (Lipinski definition) is 8. The Hall–Kier alpha value is -2.16. The van der Waals surface area contributed by atoms with E-state index in [-0.39, 0.29) is 5.75 Å². The Morgan fingerprint density at radius 2 is 1.67 bits per heavy atom. The van der Waals surface area contributed by atoms with Crippen molar-refractivity contribution in [3.8, 4) is 11.5 Å². The van der Waals surface area contributed by atoms with Gasteiger partial charge < -0.3 is 19.2 Å². The van der Waals surface area contributed by atoms with Crippen molar-refractivity contribution in [1.82, 2.24) is 9.80 Å². The van der Waals surface area contributed by atoms with Crippen LogP contribution in [-0.4, -0.2) is 72.8 Å². The van der Waals surface area contributed by atoms with Crippen molar-refractivity contribution in [3.63, 3.8) is 0 Å². The molecule has 2 aliphatic heterocycles. The smallest absolute Gasteiger partial charge is 0.343 e. The number of piperazine rings is 1. The van der Waals surface area contributed by atoms with Crippen LogP contribution in [0.25, 0.3) is 0 Å². The normalized spacial score (nSPS) is 18.5. The van der Waals surface area contributed by atoms with Crippen LogP contribution < -0.4 is 15.3 Å². The van der Waals surface area contributed by atoms with Crippen molar-refractivity contribution in [2.75, 3.05) is 62.8 Å². The summed E-state index contributed by atoms with van der Waals surface area (Å²) in [4.78, 5) is 19.1. The minimum Gasteiger partial charge on any atom is -0.507 e. The van der Waals surface area contributed by atoms with Gasteiger partial charge in [-0.15, -0.1) is 0 Å². The molecule has 0 spiro atoms. The van der Waals surface area contributed by atoms with Gasteiger partial charge >= 0.3 is 5.63 Å². The van der Waals surface area contributed by atoms with Gasteiger partial charge in [0.25, 0.3) is 0 Å². The molecule has 2 aromatic rings. The quantitative estimate of drug-likeness (QED) is 0.747. The van der Waals surface area contributed by atoms with Crippen LogP contribution in [0.3, 0.4) is 0 Å². The lowest BCUT2D eigenvalue weighted by Crippen LogP contribution is -2.46. The average Bonchev–Trinajstić information content (AvgIpc) is 2.80. The summed E-state index contributed by atoms with van der Waals surface area (Å²) in [6, 6.07) is 8.12. The lowest BCUT2D eigenvalue weighted by atomic mass is 10.1. The Morgan fingerprint density at radius 3 is 2.33 bits per heavy atom. The van der Waals surface area contributed by atoms with E-state index in [1.807, 2.05) is 23.9 Å². The molecular formula is C22H29N3O4S. The van der Waals surface area contributed by atoms with E-state index in [2.05, 4.69) is 26.8 Å². The molecule has 3 heterocycles. The number of nitrogens with zero attached hydrogens (tertiary/aromatic N) is 3. The largest absolute Gasteiger partial charge is 0.507 e. The number of methoxy groups -OCH3 is 1. The van der Waals surface area contributed by atoms with Crippen molar-refractivity contribution < 1.29 is 14.3 Å². The van der Waals surface area contributed by atoms with Crippen LogP contribution in [0.5, 0.6) is 11.5 Å². The fourth-order valence-corrected chi connectivity index (χ4v) is 4.95. The monoisotopic (exact) mass is 431 g/mol. The molecule has 0 unspecified atom stereocenters. The van der Waals surface area contributed by atoms with Crippen LogP contribution in [-0.2, 0) is 13.1 Å². The van der Waals surface area contributed by atoms with Gasteiger partial charge in [0, 0.05) is 75.1 Å². The summed E-state index contributed by atoms with van der Waals surface area (Å²) in [6.07, 6.45) is 1.42. The minimum absolute atomic E-state index is 0.0991. The molecule has 1 N–H and O–H groups in total. The first kappa shape index (κ1) is 21.1. The second-order valence-corrected chi connectivity index (χ2v) is 8.95. The minimum atomic E-state index is -0.432. The molecule has 2 aliphatic rings. The Morgan fingerprint density at radius 1 is 1.00 bits per heavy atom. The first-order valence-electron chi connectivity index (χ1n) is 10.4. The zero-order valence-electron chi connectivity index (χ0n) is 17.4. The van der Waals surface area contributed by atoms with Crippen LogP contribution in [0.4, 0.5) is 5.69 Å². The van der Waals surface area contributed by atoms with Crippen molar-refractivity contribution >= 4 is 17.4 Å². The molecule has 0 radical (unpaired) electrons. The number of aromatic hydroxyl groups is 1. The highest BCUT2D eigenvalue weighted by atomic mass is 32.2. The molecule has 4 rings (SSSR count). The first-order chi connectivity index (χ1) is 14.6. The van der Waals surface area contributed by atoms with E-state index in [4.69, 9.17) is 9.15 Å². The second-order valence-electron chi connectivity index (χ2n) is 7.73. The third-order valence-electron chi connectivity index (χ3n) is 5.83. The van der Waals surface area contributed by atoms with E-state index < -0.39 is 5.63 Å². The number of benzene rings is 1. The summed E-state index contributed by atoms with van der Waals surface area (Å²) in [5.41, 5.74) is 1.83. The Labute approximate surface area is 181 Å². The predicted molar refractivity (Wildman–Crippen MR) is 120 cm³/mol. The molecule has 1 aromatic heterocycles. The molecule has 30 heavy (non-hydrogen) atoms. The average molecular weight is 432 g/mol. The van der Waals surface area contributed by atoms with Gasteiger partial charge in [0.15, 0.2) is 0 Å². The molecule has 1 aromatic carbocycles. The number of ether oxygens (including phenoxy) is 1. The second kappa shape index (κ2) is 9.76. The van der Waals surface area contributed by atoms with Gasteiger partial charge in [-0.1, -0.05) is 0 Å². The molecule has 0 amide bonds. The van der Waals surface area contributed by atoms with Crippen LogP contribution in [0.2, 0.25) is 0 Å². The molecule has 7 nitrogen and oxygen atoms in total. The third-order valence-corrected chi connectivity index (χ3v) is 6.78. The van der Waals surface area contributed by atoms with Crippen LogP contribution in [0.15, 0.2) is 39.7 Å². The van der Waals surface area contributed by atoms with Crippen molar-refractivity contribution in [2.45, 2.75) is 13.1 Å². The maximum absolute atomic E-state index is 12.2. The van der Waals surface area contributed by atoms with Gasteiger partial charge in [-0.25, -0.2) is 4.79 Å². The summed E-state index contributed by atoms with van der Waals surface area (Å²) in [5, 5.41) is 10.8. The molecule has 0 aliphatic carbocycles. The maximum atomic E-state index is 12.2. The molecule has 0 atom stereocenters. The van der Waals surface area contributed by atoms with E-state index in [9.17, 15) is 9.90 Å². The van der Waals surface area contributed by atoms with E-state index >= 15 is 0 Å². The van der Waals surface area contributed by atoms with E-state index in [0.717, 1.165) is 56.5 Å². The summed E-state index contributed by atoms with van der Waals surface area (Å²) < 4.78 is 10.5. The van der Waals surface area contributed by atoms with Gasteiger partial charge in [0.1, 0.15) is 17.8 Å². The highest BCUT2D eigenvalue weighted by Gasteiger charge is 2.22. The molecule has 162 valence electrons. The molecule has 2 saturated heterocycles. The van der Waals surface area contributed by atoms with Crippen LogP contribution >= 0.6 is 11.8 Å². The summed E-state index contributed by atoms with van der Waals surface area (Å²) >= 11 is 1.92. The maximum Gasteiger partial charge on any atom is 0.343 e.